The fraction of sp³-hybridized carbons (Fsp3) is 0.545. The second-order valence-electron chi connectivity index (χ2n) is 3.77. The van der Waals surface area contributed by atoms with Crippen molar-refractivity contribution in [2.24, 2.45) is 0 Å². The predicted molar refractivity (Wildman–Crippen MR) is 61.0 cm³/mol. The molecule has 1 aromatic heterocycles. The van der Waals surface area contributed by atoms with Gasteiger partial charge in [0, 0.05) is 18.8 Å². The first-order chi connectivity index (χ1) is 8.26. The minimum absolute atomic E-state index is 0.242. The van der Waals surface area contributed by atoms with Gasteiger partial charge >= 0.3 is 5.97 Å². The number of carbonyl (C=O) groups excluding carboxylic acids is 1. The molecule has 0 aromatic carbocycles. The first kappa shape index (κ1) is 11.6. The lowest BCUT2D eigenvalue weighted by molar-refractivity contribution is -0.141. The van der Waals surface area contributed by atoms with Crippen molar-refractivity contribution in [3.05, 3.63) is 12.3 Å². The molecule has 1 saturated heterocycles. The van der Waals surface area contributed by atoms with Crippen molar-refractivity contribution < 1.29 is 14.3 Å². The van der Waals surface area contributed by atoms with Crippen molar-refractivity contribution in [2.45, 2.75) is 18.9 Å². The zero-order chi connectivity index (χ0) is 12.3. The number of esters is 1. The second kappa shape index (κ2) is 4.99. The molecule has 17 heavy (non-hydrogen) atoms. The molecule has 0 aliphatic carbocycles. The van der Waals surface area contributed by atoms with Crippen LogP contribution in [0.1, 0.15) is 12.8 Å². The van der Waals surface area contributed by atoms with Crippen LogP contribution in [0.15, 0.2) is 12.3 Å². The molecule has 2 heterocycles. The summed E-state index contributed by atoms with van der Waals surface area (Å²) >= 11 is 0. The number of aromatic nitrogens is 2. The molecule has 1 unspecified atom stereocenters. The molecule has 1 fully saturated rings. The number of methoxy groups -OCH3 is 2. The van der Waals surface area contributed by atoms with Crippen molar-refractivity contribution in [3.63, 3.8) is 0 Å². The van der Waals surface area contributed by atoms with Gasteiger partial charge in [-0.15, -0.1) is 0 Å². The Balaban J connectivity index is 2.22. The summed E-state index contributed by atoms with van der Waals surface area (Å²) in [7, 11) is 2.94. The van der Waals surface area contributed by atoms with Gasteiger partial charge in [-0.3, -0.25) is 0 Å². The Morgan fingerprint density at radius 2 is 2.35 bits per heavy atom. The number of ether oxygens (including phenoxy) is 2. The molecular formula is C11H15N3O3. The fourth-order valence-corrected chi connectivity index (χ4v) is 1.97. The highest BCUT2D eigenvalue weighted by atomic mass is 16.5. The molecule has 92 valence electrons. The summed E-state index contributed by atoms with van der Waals surface area (Å²) in [6, 6.07) is 1.39. The predicted octanol–water partition coefficient (Wildman–Crippen LogP) is 0.627. The first-order valence-electron chi connectivity index (χ1n) is 5.47. The van der Waals surface area contributed by atoms with Crippen LogP contribution in [0.5, 0.6) is 5.88 Å². The van der Waals surface area contributed by atoms with Crippen molar-refractivity contribution in [1.82, 2.24) is 9.97 Å². The quantitative estimate of drug-likeness (QED) is 0.718. The van der Waals surface area contributed by atoms with Gasteiger partial charge in [-0.2, -0.15) is 4.98 Å². The van der Waals surface area contributed by atoms with Crippen LogP contribution in [0.25, 0.3) is 0 Å². The van der Waals surface area contributed by atoms with Crippen molar-refractivity contribution in [2.75, 3.05) is 25.7 Å². The molecule has 1 aliphatic heterocycles. The third-order valence-electron chi connectivity index (χ3n) is 2.81. The highest BCUT2D eigenvalue weighted by Crippen LogP contribution is 2.24. The Morgan fingerprint density at radius 3 is 3.06 bits per heavy atom. The van der Waals surface area contributed by atoms with E-state index in [2.05, 4.69) is 9.97 Å². The molecule has 2 rings (SSSR count). The Kier molecular flexibility index (Phi) is 3.41. The van der Waals surface area contributed by atoms with Gasteiger partial charge in [-0.05, 0) is 12.8 Å². The second-order valence-corrected chi connectivity index (χ2v) is 3.77. The Hall–Kier alpha value is -1.85. The van der Waals surface area contributed by atoms with E-state index < -0.39 is 0 Å². The molecule has 6 heteroatoms. The SMILES string of the molecule is COC(=O)C1CCCN1c1nccc(OC)n1. The number of hydrogen-bond acceptors (Lipinski definition) is 6. The average Bonchev–Trinajstić information content (AvgIpc) is 2.87. The molecular weight excluding hydrogens is 222 g/mol. The molecule has 0 amide bonds. The van der Waals surface area contributed by atoms with Crippen LogP contribution >= 0.6 is 0 Å². The van der Waals surface area contributed by atoms with E-state index in [4.69, 9.17) is 9.47 Å². The summed E-state index contributed by atoms with van der Waals surface area (Å²) in [5.74, 6) is 0.761. The van der Waals surface area contributed by atoms with E-state index in [1.165, 1.54) is 7.11 Å². The maximum absolute atomic E-state index is 11.6. The third kappa shape index (κ3) is 2.30. The summed E-state index contributed by atoms with van der Waals surface area (Å²) in [5.41, 5.74) is 0. The molecule has 0 saturated carbocycles. The number of hydrogen-bond donors (Lipinski definition) is 0. The van der Waals surface area contributed by atoms with E-state index in [0.717, 1.165) is 19.4 Å². The lowest BCUT2D eigenvalue weighted by Gasteiger charge is -2.22. The molecule has 6 nitrogen and oxygen atoms in total. The number of carbonyl (C=O) groups is 1. The Bertz CT molecular complexity index is 411. The molecule has 0 radical (unpaired) electrons. The molecule has 0 spiro atoms. The van der Waals surface area contributed by atoms with E-state index in [9.17, 15) is 4.79 Å². The number of rotatable bonds is 3. The van der Waals surface area contributed by atoms with Gasteiger partial charge in [0.2, 0.25) is 11.8 Å². The van der Waals surface area contributed by atoms with Crippen molar-refractivity contribution in [1.29, 1.82) is 0 Å². The highest BCUT2D eigenvalue weighted by molar-refractivity contribution is 5.79. The summed E-state index contributed by atoms with van der Waals surface area (Å²) in [6.45, 7) is 0.757. The standard InChI is InChI=1S/C11H15N3O3/c1-16-9-5-6-12-11(13-9)14-7-3-4-8(14)10(15)17-2/h5-6,8H,3-4,7H2,1-2H3. The normalized spacial score (nSPS) is 19.2. The number of anilines is 1. The summed E-state index contributed by atoms with van der Waals surface area (Å²) in [6.07, 6.45) is 3.32. The third-order valence-corrected chi connectivity index (χ3v) is 2.81. The van der Waals surface area contributed by atoms with Crippen LogP contribution in [0, 0.1) is 0 Å². The molecule has 0 N–H and O–H groups in total. The first-order valence-corrected chi connectivity index (χ1v) is 5.47. The largest absolute Gasteiger partial charge is 0.481 e. The maximum atomic E-state index is 11.6. The zero-order valence-electron chi connectivity index (χ0n) is 9.92. The molecule has 0 bridgehead atoms. The lowest BCUT2D eigenvalue weighted by atomic mass is 10.2. The van der Waals surface area contributed by atoms with Crippen LogP contribution in [-0.4, -0.2) is 42.7 Å². The smallest absolute Gasteiger partial charge is 0.328 e. The van der Waals surface area contributed by atoms with Gasteiger partial charge in [-0.25, -0.2) is 9.78 Å². The van der Waals surface area contributed by atoms with Crippen LogP contribution in [-0.2, 0) is 9.53 Å². The molecule has 1 aliphatic rings. The average molecular weight is 237 g/mol. The van der Waals surface area contributed by atoms with Gasteiger partial charge < -0.3 is 14.4 Å². The monoisotopic (exact) mass is 237 g/mol. The van der Waals surface area contributed by atoms with Gasteiger partial charge in [-0.1, -0.05) is 0 Å². The van der Waals surface area contributed by atoms with E-state index in [1.54, 1.807) is 19.4 Å². The molecule has 1 atom stereocenters. The topological polar surface area (TPSA) is 64.5 Å². The zero-order valence-corrected chi connectivity index (χ0v) is 9.92. The minimum Gasteiger partial charge on any atom is -0.481 e. The van der Waals surface area contributed by atoms with E-state index >= 15 is 0 Å². The van der Waals surface area contributed by atoms with Gasteiger partial charge in [0.05, 0.1) is 14.2 Å². The van der Waals surface area contributed by atoms with E-state index in [1.807, 2.05) is 4.90 Å². The Morgan fingerprint density at radius 1 is 1.53 bits per heavy atom. The van der Waals surface area contributed by atoms with Crippen LogP contribution in [0.2, 0.25) is 0 Å². The van der Waals surface area contributed by atoms with E-state index in [0.29, 0.717) is 11.8 Å². The van der Waals surface area contributed by atoms with Gasteiger partial charge in [0.1, 0.15) is 6.04 Å². The van der Waals surface area contributed by atoms with Crippen LogP contribution in [0.3, 0.4) is 0 Å². The van der Waals surface area contributed by atoms with Crippen molar-refractivity contribution >= 4 is 11.9 Å². The van der Waals surface area contributed by atoms with E-state index in [-0.39, 0.29) is 12.0 Å². The maximum Gasteiger partial charge on any atom is 0.328 e. The highest BCUT2D eigenvalue weighted by Gasteiger charge is 2.33. The van der Waals surface area contributed by atoms with Gasteiger partial charge in [0.15, 0.2) is 0 Å². The summed E-state index contributed by atoms with van der Waals surface area (Å²) < 4.78 is 9.82. The van der Waals surface area contributed by atoms with Gasteiger partial charge in [0.25, 0.3) is 0 Å². The summed E-state index contributed by atoms with van der Waals surface area (Å²) in [5, 5.41) is 0. The lowest BCUT2D eigenvalue weighted by Crippen LogP contribution is -2.37. The minimum atomic E-state index is -0.285. The fourth-order valence-electron chi connectivity index (χ4n) is 1.97. The van der Waals surface area contributed by atoms with Crippen molar-refractivity contribution in [3.8, 4) is 5.88 Å². The van der Waals surface area contributed by atoms with Crippen LogP contribution < -0.4 is 9.64 Å². The van der Waals surface area contributed by atoms with Crippen LogP contribution in [0.4, 0.5) is 5.95 Å². The molecule has 1 aromatic rings. The summed E-state index contributed by atoms with van der Waals surface area (Å²) in [4.78, 5) is 21.8. The Labute approximate surface area is 99.6 Å². The number of nitrogens with zero attached hydrogens (tertiary/aromatic N) is 3.